The first-order valence-corrected chi connectivity index (χ1v) is 18.0. The van der Waals surface area contributed by atoms with Crippen LogP contribution < -0.4 is 4.72 Å². The molecule has 0 radical (unpaired) electrons. The van der Waals surface area contributed by atoms with E-state index in [-0.39, 0.29) is 18.0 Å². The number of nitrogens with one attached hydrogen (secondary N) is 1. The fraction of sp³-hybridized carbons (Fsp3) is 0.543. The third-order valence-electron chi connectivity index (χ3n) is 11.5. The lowest BCUT2D eigenvalue weighted by molar-refractivity contribution is -0.143. The highest BCUT2D eigenvalue weighted by atomic mass is 32.2. The first-order valence-electron chi connectivity index (χ1n) is 16.6. The highest BCUT2D eigenvalue weighted by Gasteiger charge is 2.65. The number of likely N-dealkylation sites (tertiary alicyclic amines) is 1. The summed E-state index contributed by atoms with van der Waals surface area (Å²) in [5.41, 5.74) is 5.66. The van der Waals surface area contributed by atoms with Gasteiger partial charge in [0.2, 0.25) is 5.91 Å². The summed E-state index contributed by atoms with van der Waals surface area (Å²) in [5, 5.41) is 1.11. The molecule has 45 heavy (non-hydrogen) atoms. The molecule has 10 heteroatoms. The standard InChI is InChI=1S/C35H43N5O4S/c1-37(2)45(43,44)36-33(41)23-13-16-28-30(17-23)39-21-35(34(42)40-24-14-15-25(40)20-38(3)19-24)18-29(35)26-11-7-8-12-27(26)32(39)31(28)22-9-5-4-6-10-22/h7-8,11-13,16-17,22,24-25,29H,4-6,9-10,14-15,18-21H2,1-3H3,(H,36,41). The van der Waals surface area contributed by atoms with Gasteiger partial charge in [-0.3, -0.25) is 9.59 Å². The fourth-order valence-electron chi connectivity index (χ4n) is 9.24. The van der Waals surface area contributed by atoms with Crippen molar-refractivity contribution in [2.24, 2.45) is 5.41 Å². The number of carbonyl (C=O) groups is 2. The molecule has 9 nitrogen and oxygen atoms in total. The van der Waals surface area contributed by atoms with E-state index in [4.69, 9.17) is 0 Å². The molecule has 2 bridgehead atoms. The molecule has 2 saturated carbocycles. The molecule has 4 unspecified atom stereocenters. The van der Waals surface area contributed by atoms with Crippen LogP contribution in [0, 0.1) is 5.41 Å². The Morgan fingerprint density at radius 2 is 1.67 bits per heavy atom. The number of nitrogens with zero attached hydrogens (tertiary/aromatic N) is 4. The summed E-state index contributed by atoms with van der Waals surface area (Å²) < 4.78 is 30.6. The zero-order valence-corrected chi connectivity index (χ0v) is 27.3. The SMILES string of the molecule is CN1CC2CCC(C1)N2C(=O)C12CC1c1ccccc1-c1c(C3CCCCC3)c3ccc(C(=O)NS(=O)(=O)N(C)C)cc3n1C2. The maximum absolute atomic E-state index is 14.9. The number of amides is 2. The quantitative estimate of drug-likeness (QED) is 0.442. The topological polar surface area (TPSA) is 95.0 Å². The predicted molar refractivity (Wildman–Crippen MR) is 174 cm³/mol. The van der Waals surface area contributed by atoms with Crippen LogP contribution in [-0.4, -0.2) is 85.2 Å². The number of hydrogen-bond acceptors (Lipinski definition) is 5. The van der Waals surface area contributed by atoms with E-state index in [0.29, 0.717) is 23.9 Å². The minimum absolute atomic E-state index is 0.158. The normalized spacial score (nSPS) is 28.0. The van der Waals surface area contributed by atoms with Crippen molar-refractivity contribution >= 4 is 32.9 Å². The Balaban J connectivity index is 1.30. The maximum Gasteiger partial charge on any atom is 0.303 e. The lowest BCUT2D eigenvalue weighted by Gasteiger charge is -2.41. The molecule has 5 aliphatic rings. The van der Waals surface area contributed by atoms with Crippen LogP contribution in [0.25, 0.3) is 22.2 Å². The molecule has 3 aromatic rings. The molecule has 2 amide bonds. The van der Waals surface area contributed by atoms with Crippen LogP contribution in [0.3, 0.4) is 0 Å². The van der Waals surface area contributed by atoms with E-state index in [1.807, 2.05) is 12.1 Å². The second-order valence-electron chi connectivity index (χ2n) is 14.5. The second kappa shape index (κ2) is 10.4. The van der Waals surface area contributed by atoms with Crippen molar-refractivity contribution < 1.29 is 18.0 Å². The average Bonchev–Trinajstić information content (AvgIpc) is 3.61. The molecule has 4 heterocycles. The van der Waals surface area contributed by atoms with Crippen LogP contribution in [0.2, 0.25) is 0 Å². The summed E-state index contributed by atoms with van der Waals surface area (Å²) in [7, 11) is 1.01. The fourth-order valence-corrected chi connectivity index (χ4v) is 9.77. The number of rotatable bonds is 5. The smallest absolute Gasteiger partial charge is 0.303 e. The van der Waals surface area contributed by atoms with Crippen molar-refractivity contribution in [3.05, 3.63) is 59.2 Å². The third-order valence-corrected chi connectivity index (χ3v) is 12.9. The molecule has 4 atom stereocenters. The molecule has 2 saturated heterocycles. The van der Waals surface area contributed by atoms with Crippen LogP contribution in [-0.2, 0) is 21.5 Å². The average molecular weight is 630 g/mol. The van der Waals surface area contributed by atoms with Crippen LogP contribution in [0.5, 0.6) is 0 Å². The molecule has 2 aliphatic carbocycles. The summed E-state index contributed by atoms with van der Waals surface area (Å²) in [5.74, 6) is 0.196. The second-order valence-corrected chi connectivity index (χ2v) is 16.3. The number of carbonyl (C=O) groups excluding carboxylic acids is 2. The maximum atomic E-state index is 14.9. The van der Waals surface area contributed by atoms with E-state index < -0.39 is 21.5 Å². The van der Waals surface area contributed by atoms with Crippen LogP contribution in [0.1, 0.15) is 84.7 Å². The minimum atomic E-state index is -3.94. The molecule has 3 aliphatic heterocycles. The van der Waals surface area contributed by atoms with Gasteiger partial charge in [0.15, 0.2) is 0 Å². The number of hydrogen-bond donors (Lipinski definition) is 1. The number of likely N-dealkylation sites (N-methyl/N-ethyl adjacent to an activating group) is 1. The molecule has 4 fully saturated rings. The summed E-state index contributed by atoms with van der Waals surface area (Å²) in [6.45, 7) is 2.42. The molecular weight excluding hydrogens is 586 g/mol. The molecular formula is C35H43N5O4S. The number of benzene rings is 2. The first-order chi connectivity index (χ1) is 21.6. The number of piperazine rings is 1. The van der Waals surface area contributed by atoms with Crippen molar-refractivity contribution in [1.29, 1.82) is 0 Å². The van der Waals surface area contributed by atoms with Crippen molar-refractivity contribution in [1.82, 2.24) is 23.4 Å². The predicted octanol–water partition coefficient (Wildman–Crippen LogP) is 4.68. The summed E-state index contributed by atoms with van der Waals surface area (Å²) in [6, 6.07) is 14.8. The van der Waals surface area contributed by atoms with Crippen molar-refractivity contribution in [3.63, 3.8) is 0 Å². The monoisotopic (exact) mass is 629 g/mol. The van der Waals surface area contributed by atoms with E-state index in [0.717, 1.165) is 60.4 Å². The minimum Gasteiger partial charge on any atom is -0.339 e. The third kappa shape index (κ3) is 4.50. The van der Waals surface area contributed by atoms with Gasteiger partial charge in [-0.05, 0) is 68.3 Å². The Bertz CT molecular complexity index is 1810. The highest BCUT2D eigenvalue weighted by Crippen LogP contribution is 2.66. The van der Waals surface area contributed by atoms with Gasteiger partial charge in [-0.1, -0.05) is 49.6 Å². The zero-order valence-electron chi connectivity index (χ0n) is 26.5. The Morgan fingerprint density at radius 3 is 2.38 bits per heavy atom. The summed E-state index contributed by atoms with van der Waals surface area (Å²) in [4.78, 5) is 32.8. The van der Waals surface area contributed by atoms with Gasteiger partial charge in [-0.25, -0.2) is 4.72 Å². The van der Waals surface area contributed by atoms with E-state index in [9.17, 15) is 18.0 Å². The molecule has 0 spiro atoms. The molecule has 238 valence electrons. The largest absolute Gasteiger partial charge is 0.339 e. The van der Waals surface area contributed by atoms with Gasteiger partial charge in [0.1, 0.15) is 0 Å². The van der Waals surface area contributed by atoms with Crippen molar-refractivity contribution in [3.8, 4) is 11.3 Å². The van der Waals surface area contributed by atoms with Crippen molar-refractivity contribution in [2.75, 3.05) is 34.2 Å². The van der Waals surface area contributed by atoms with Gasteiger partial charge in [0.25, 0.3) is 5.91 Å². The van der Waals surface area contributed by atoms with Gasteiger partial charge < -0.3 is 14.4 Å². The number of fused-ring (bicyclic) bond motifs is 9. The lowest BCUT2D eigenvalue weighted by atomic mass is 9.81. The first kappa shape index (κ1) is 29.2. The molecule has 1 aromatic heterocycles. The van der Waals surface area contributed by atoms with Gasteiger partial charge in [-0.15, -0.1) is 0 Å². The Kier molecular flexibility index (Phi) is 6.75. The van der Waals surface area contributed by atoms with Crippen LogP contribution in [0.15, 0.2) is 42.5 Å². The lowest BCUT2D eigenvalue weighted by Crippen LogP contribution is -2.57. The van der Waals surface area contributed by atoms with E-state index in [2.05, 4.69) is 50.4 Å². The molecule has 1 N–H and O–H groups in total. The van der Waals surface area contributed by atoms with Crippen molar-refractivity contribution in [2.45, 2.75) is 81.8 Å². The summed E-state index contributed by atoms with van der Waals surface area (Å²) in [6.07, 6.45) is 8.83. The van der Waals surface area contributed by atoms with Gasteiger partial charge in [-0.2, -0.15) is 12.7 Å². The zero-order chi connectivity index (χ0) is 31.2. The van der Waals surface area contributed by atoms with E-state index in [1.165, 1.54) is 55.7 Å². The van der Waals surface area contributed by atoms with E-state index in [1.54, 1.807) is 6.07 Å². The van der Waals surface area contributed by atoms with Crippen LogP contribution >= 0.6 is 0 Å². The highest BCUT2D eigenvalue weighted by molar-refractivity contribution is 7.87. The number of aromatic nitrogens is 1. The van der Waals surface area contributed by atoms with E-state index >= 15 is 0 Å². The van der Waals surface area contributed by atoms with Gasteiger partial charge in [0.05, 0.1) is 11.1 Å². The van der Waals surface area contributed by atoms with Gasteiger partial charge >= 0.3 is 10.2 Å². The van der Waals surface area contributed by atoms with Gasteiger partial charge in [0, 0.05) is 73.8 Å². The molecule has 2 aromatic carbocycles. The Hall–Kier alpha value is -3.21. The summed E-state index contributed by atoms with van der Waals surface area (Å²) >= 11 is 0. The molecule has 8 rings (SSSR count). The van der Waals surface area contributed by atoms with Crippen LogP contribution in [0.4, 0.5) is 0 Å². The Labute approximate surface area is 265 Å². The Morgan fingerprint density at radius 1 is 0.956 bits per heavy atom.